The third-order valence-corrected chi connectivity index (χ3v) is 5.05. The van der Waals surface area contributed by atoms with Crippen LogP contribution in [0, 0.1) is 5.41 Å². The molecule has 0 radical (unpaired) electrons. The van der Waals surface area contributed by atoms with Gasteiger partial charge in [-0.3, -0.25) is 4.79 Å². The van der Waals surface area contributed by atoms with Crippen molar-refractivity contribution < 1.29 is 4.79 Å². The minimum absolute atomic E-state index is 0.118. The summed E-state index contributed by atoms with van der Waals surface area (Å²) in [4.78, 5) is 33.3. The van der Waals surface area contributed by atoms with Crippen LogP contribution >= 0.6 is 0 Å². The molecule has 2 N–H and O–H groups in total. The van der Waals surface area contributed by atoms with E-state index in [1.165, 1.54) is 6.42 Å². The highest BCUT2D eigenvalue weighted by atomic mass is 16.2. The molecule has 2 aliphatic heterocycles. The Hall–Kier alpha value is -1.69. The van der Waals surface area contributed by atoms with Gasteiger partial charge in [-0.1, -0.05) is 20.8 Å². The number of amides is 1. The maximum Gasteiger partial charge on any atom is 0.345 e. The van der Waals surface area contributed by atoms with Crippen molar-refractivity contribution in [1.82, 2.24) is 20.2 Å². The summed E-state index contributed by atoms with van der Waals surface area (Å²) in [5.74, 6) is -0.118. The second kappa shape index (κ2) is 5.74. The fourth-order valence-electron chi connectivity index (χ4n) is 3.66. The van der Waals surface area contributed by atoms with Crippen molar-refractivity contribution >= 4 is 5.91 Å². The summed E-state index contributed by atoms with van der Waals surface area (Å²) in [7, 11) is 0. The third kappa shape index (κ3) is 3.32. The van der Waals surface area contributed by atoms with Crippen LogP contribution in [0.15, 0.2) is 10.9 Å². The van der Waals surface area contributed by atoms with Crippen LogP contribution in [0.2, 0.25) is 0 Å². The molecule has 1 spiro atoms. The first-order chi connectivity index (χ1) is 10.8. The Balaban J connectivity index is 1.85. The van der Waals surface area contributed by atoms with Gasteiger partial charge in [-0.2, -0.15) is 4.98 Å². The highest BCUT2D eigenvalue weighted by Crippen LogP contribution is 2.35. The van der Waals surface area contributed by atoms with Crippen molar-refractivity contribution in [3.63, 3.8) is 0 Å². The van der Waals surface area contributed by atoms with E-state index in [-0.39, 0.29) is 22.4 Å². The Morgan fingerprint density at radius 3 is 2.78 bits per heavy atom. The Labute approximate surface area is 136 Å². The molecule has 0 unspecified atom stereocenters. The monoisotopic (exact) mass is 318 g/mol. The van der Waals surface area contributed by atoms with Crippen LogP contribution in [-0.2, 0) is 5.41 Å². The van der Waals surface area contributed by atoms with Gasteiger partial charge in [-0.05, 0) is 31.9 Å². The van der Waals surface area contributed by atoms with Gasteiger partial charge in [0.2, 0.25) is 0 Å². The maximum absolute atomic E-state index is 12.9. The van der Waals surface area contributed by atoms with Gasteiger partial charge in [-0.25, -0.2) is 4.79 Å². The zero-order valence-corrected chi connectivity index (χ0v) is 14.2. The average Bonchev–Trinajstić information content (AvgIpc) is 2.92. The molecule has 2 fully saturated rings. The predicted molar refractivity (Wildman–Crippen MR) is 88.6 cm³/mol. The lowest BCUT2D eigenvalue weighted by atomic mass is 9.79. The Kier molecular flexibility index (Phi) is 4.04. The smallest absolute Gasteiger partial charge is 0.337 e. The standard InChI is InChI=1S/C17H26N4O2/c1-16(2,3)13-9-12(19-15(23)20-13)14(22)21-8-4-5-17(11-21)6-7-18-10-17/h9,18H,4-8,10-11H2,1-3H3,(H,19,20,23)/t17-/m0/s1. The van der Waals surface area contributed by atoms with Gasteiger partial charge < -0.3 is 15.2 Å². The molecule has 2 aliphatic rings. The van der Waals surface area contributed by atoms with Crippen LogP contribution in [0.4, 0.5) is 0 Å². The number of rotatable bonds is 1. The number of H-pyrrole nitrogens is 1. The molecule has 1 aromatic heterocycles. The SMILES string of the molecule is CC(C)(C)c1cc(C(=O)N2CCC[C@@]3(CCNC3)C2)nc(=O)[nH]1. The molecule has 0 aliphatic carbocycles. The minimum Gasteiger partial charge on any atom is -0.337 e. The third-order valence-electron chi connectivity index (χ3n) is 5.05. The molecule has 126 valence electrons. The fourth-order valence-corrected chi connectivity index (χ4v) is 3.66. The zero-order chi connectivity index (χ0) is 16.7. The van der Waals surface area contributed by atoms with Crippen molar-refractivity contribution in [1.29, 1.82) is 0 Å². The Morgan fingerprint density at radius 1 is 1.35 bits per heavy atom. The minimum atomic E-state index is -0.449. The molecule has 0 saturated carbocycles. The summed E-state index contributed by atoms with van der Waals surface area (Å²) >= 11 is 0. The average molecular weight is 318 g/mol. The number of aromatic amines is 1. The molecule has 3 heterocycles. The highest BCUT2D eigenvalue weighted by Gasteiger charge is 2.39. The summed E-state index contributed by atoms with van der Waals surface area (Å²) in [6.07, 6.45) is 3.30. The number of aromatic nitrogens is 2. The van der Waals surface area contributed by atoms with Crippen LogP contribution in [0.3, 0.4) is 0 Å². The van der Waals surface area contributed by atoms with E-state index in [1.54, 1.807) is 6.07 Å². The Morgan fingerprint density at radius 2 is 2.13 bits per heavy atom. The van der Waals surface area contributed by atoms with Crippen LogP contribution in [0.25, 0.3) is 0 Å². The predicted octanol–water partition coefficient (Wildman–Crippen LogP) is 1.28. The Bertz CT molecular complexity index is 653. The number of piperidine rings is 1. The van der Waals surface area contributed by atoms with Gasteiger partial charge in [0.25, 0.3) is 5.91 Å². The van der Waals surface area contributed by atoms with E-state index in [9.17, 15) is 9.59 Å². The summed E-state index contributed by atoms with van der Waals surface area (Å²) < 4.78 is 0. The van der Waals surface area contributed by atoms with E-state index in [0.717, 1.165) is 44.7 Å². The lowest BCUT2D eigenvalue weighted by molar-refractivity contribution is 0.0547. The van der Waals surface area contributed by atoms with Crippen LogP contribution in [0.1, 0.15) is 56.2 Å². The molecule has 0 aromatic carbocycles. The topological polar surface area (TPSA) is 78.1 Å². The van der Waals surface area contributed by atoms with E-state index < -0.39 is 5.69 Å². The first kappa shape index (κ1) is 16.2. The molecule has 2 saturated heterocycles. The molecule has 3 rings (SSSR count). The number of carbonyl (C=O) groups is 1. The van der Waals surface area contributed by atoms with Gasteiger partial charge in [0.1, 0.15) is 5.69 Å². The molecule has 1 aromatic rings. The molecule has 1 amide bonds. The number of nitrogens with one attached hydrogen (secondary N) is 2. The van der Waals surface area contributed by atoms with Gasteiger partial charge in [0.05, 0.1) is 0 Å². The van der Waals surface area contributed by atoms with Crippen molar-refractivity contribution in [3.8, 4) is 0 Å². The van der Waals surface area contributed by atoms with Gasteiger partial charge in [-0.15, -0.1) is 0 Å². The molecule has 0 bridgehead atoms. The largest absolute Gasteiger partial charge is 0.345 e. The quantitative estimate of drug-likeness (QED) is 0.818. The molecule has 6 nitrogen and oxygen atoms in total. The highest BCUT2D eigenvalue weighted by molar-refractivity contribution is 5.92. The van der Waals surface area contributed by atoms with E-state index in [1.807, 2.05) is 25.7 Å². The van der Waals surface area contributed by atoms with E-state index >= 15 is 0 Å². The first-order valence-corrected chi connectivity index (χ1v) is 8.41. The molecule has 6 heteroatoms. The summed E-state index contributed by atoms with van der Waals surface area (Å²) in [6.45, 7) is 9.54. The lowest BCUT2D eigenvalue weighted by Gasteiger charge is -2.39. The number of hydrogen-bond donors (Lipinski definition) is 2. The van der Waals surface area contributed by atoms with Crippen LogP contribution in [0.5, 0.6) is 0 Å². The zero-order valence-electron chi connectivity index (χ0n) is 14.2. The molecule has 23 heavy (non-hydrogen) atoms. The van der Waals surface area contributed by atoms with Crippen molar-refractivity contribution in [2.24, 2.45) is 5.41 Å². The van der Waals surface area contributed by atoms with Crippen molar-refractivity contribution in [2.45, 2.75) is 45.4 Å². The second-order valence-electron chi connectivity index (χ2n) is 7.99. The van der Waals surface area contributed by atoms with Crippen LogP contribution in [-0.4, -0.2) is 47.0 Å². The summed E-state index contributed by atoms with van der Waals surface area (Å²) in [5.41, 5.74) is 0.546. The normalized spacial score (nSPS) is 25.1. The summed E-state index contributed by atoms with van der Waals surface area (Å²) in [5, 5.41) is 3.41. The van der Waals surface area contributed by atoms with E-state index in [4.69, 9.17) is 0 Å². The molecule has 1 atom stereocenters. The molecular formula is C17H26N4O2. The van der Waals surface area contributed by atoms with Gasteiger partial charge >= 0.3 is 5.69 Å². The number of likely N-dealkylation sites (tertiary alicyclic amines) is 1. The fraction of sp³-hybridized carbons (Fsp3) is 0.706. The lowest BCUT2D eigenvalue weighted by Crippen LogP contribution is -2.47. The second-order valence-corrected chi connectivity index (χ2v) is 7.99. The first-order valence-electron chi connectivity index (χ1n) is 8.41. The number of hydrogen-bond acceptors (Lipinski definition) is 4. The van der Waals surface area contributed by atoms with Gasteiger partial charge in [0.15, 0.2) is 0 Å². The number of carbonyl (C=O) groups excluding carboxylic acids is 1. The van der Waals surface area contributed by atoms with Crippen LogP contribution < -0.4 is 11.0 Å². The van der Waals surface area contributed by atoms with E-state index in [0.29, 0.717) is 0 Å². The van der Waals surface area contributed by atoms with Crippen molar-refractivity contribution in [3.05, 3.63) is 27.9 Å². The van der Waals surface area contributed by atoms with Crippen molar-refractivity contribution in [2.75, 3.05) is 26.2 Å². The molecular weight excluding hydrogens is 292 g/mol. The van der Waals surface area contributed by atoms with E-state index in [2.05, 4.69) is 15.3 Å². The maximum atomic E-state index is 12.9. The number of nitrogens with zero attached hydrogens (tertiary/aromatic N) is 2. The van der Waals surface area contributed by atoms with Gasteiger partial charge in [0, 0.05) is 36.2 Å². The summed E-state index contributed by atoms with van der Waals surface area (Å²) in [6, 6.07) is 1.73.